The SMILES string of the molecule is Nn1c(SCc2cc(F)ccc2F)nc2ccc(Br)cc2c1=O. The zero-order chi connectivity index (χ0) is 16.6. The molecule has 0 aliphatic carbocycles. The van der Waals surface area contributed by atoms with Crippen molar-refractivity contribution in [2.75, 3.05) is 5.84 Å². The van der Waals surface area contributed by atoms with Crippen LogP contribution >= 0.6 is 27.7 Å². The number of aromatic nitrogens is 2. The lowest BCUT2D eigenvalue weighted by molar-refractivity contribution is 0.591. The third-order valence-corrected chi connectivity index (χ3v) is 4.69. The minimum absolute atomic E-state index is 0.106. The molecule has 0 saturated carbocycles. The van der Waals surface area contributed by atoms with E-state index in [2.05, 4.69) is 20.9 Å². The molecule has 1 aromatic heterocycles. The van der Waals surface area contributed by atoms with Gasteiger partial charge in [0.1, 0.15) is 11.6 Å². The van der Waals surface area contributed by atoms with Gasteiger partial charge in [0.05, 0.1) is 10.9 Å². The van der Waals surface area contributed by atoms with Gasteiger partial charge in [0, 0.05) is 15.8 Å². The van der Waals surface area contributed by atoms with Gasteiger partial charge in [-0.25, -0.2) is 18.4 Å². The smallest absolute Gasteiger partial charge is 0.280 e. The lowest BCUT2D eigenvalue weighted by Crippen LogP contribution is -2.29. The summed E-state index contributed by atoms with van der Waals surface area (Å²) in [5.74, 6) is 4.83. The van der Waals surface area contributed by atoms with Crippen LogP contribution in [-0.2, 0) is 5.75 Å². The number of thioether (sulfide) groups is 1. The van der Waals surface area contributed by atoms with E-state index in [0.717, 1.165) is 39.1 Å². The van der Waals surface area contributed by atoms with Crippen LogP contribution in [0.3, 0.4) is 0 Å². The molecule has 0 fully saturated rings. The average molecular weight is 398 g/mol. The highest BCUT2D eigenvalue weighted by atomic mass is 79.9. The minimum atomic E-state index is -0.525. The van der Waals surface area contributed by atoms with Crippen LogP contribution in [0.15, 0.2) is 50.8 Å². The molecule has 2 aromatic carbocycles. The fourth-order valence-electron chi connectivity index (χ4n) is 2.05. The molecule has 0 bridgehead atoms. The summed E-state index contributed by atoms with van der Waals surface area (Å²) in [6.07, 6.45) is 0. The van der Waals surface area contributed by atoms with Crippen molar-refractivity contribution in [1.82, 2.24) is 9.66 Å². The van der Waals surface area contributed by atoms with Crippen LogP contribution in [0.25, 0.3) is 10.9 Å². The van der Waals surface area contributed by atoms with Crippen LogP contribution in [0.2, 0.25) is 0 Å². The third kappa shape index (κ3) is 3.23. The predicted molar refractivity (Wildman–Crippen MR) is 89.8 cm³/mol. The Balaban J connectivity index is 1.97. The van der Waals surface area contributed by atoms with Crippen molar-refractivity contribution in [3.8, 4) is 0 Å². The van der Waals surface area contributed by atoms with E-state index in [4.69, 9.17) is 5.84 Å². The van der Waals surface area contributed by atoms with Crippen LogP contribution < -0.4 is 11.4 Å². The molecule has 118 valence electrons. The van der Waals surface area contributed by atoms with Gasteiger partial charge in [0.15, 0.2) is 5.16 Å². The second kappa shape index (κ2) is 6.29. The normalized spacial score (nSPS) is 11.1. The molecule has 8 heteroatoms. The van der Waals surface area contributed by atoms with Gasteiger partial charge in [-0.05, 0) is 36.4 Å². The summed E-state index contributed by atoms with van der Waals surface area (Å²) in [5, 5.41) is 0.608. The highest BCUT2D eigenvalue weighted by Crippen LogP contribution is 2.24. The van der Waals surface area contributed by atoms with Crippen LogP contribution in [0.5, 0.6) is 0 Å². The summed E-state index contributed by atoms with van der Waals surface area (Å²) in [5.41, 5.74) is 0.265. The standard InChI is InChI=1S/C15H10BrF2N3OS/c16-9-1-4-13-11(6-9)14(22)21(19)15(20-13)23-7-8-5-10(17)2-3-12(8)18/h1-6H,7,19H2. The lowest BCUT2D eigenvalue weighted by Gasteiger charge is -2.09. The number of nitrogen functional groups attached to an aromatic ring is 1. The fraction of sp³-hybridized carbons (Fsp3) is 0.0667. The van der Waals surface area contributed by atoms with E-state index in [9.17, 15) is 13.6 Å². The Labute approximate surface area is 142 Å². The van der Waals surface area contributed by atoms with Gasteiger partial charge >= 0.3 is 0 Å². The summed E-state index contributed by atoms with van der Waals surface area (Å²) in [7, 11) is 0. The van der Waals surface area contributed by atoms with Crippen molar-refractivity contribution in [3.63, 3.8) is 0 Å². The van der Waals surface area contributed by atoms with Gasteiger partial charge < -0.3 is 5.84 Å². The van der Waals surface area contributed by atoms with Crippen LogP contribution in [-0.4, -0.2) is 9.66 Å². The first-order chi connectivity index (χ1) is 11.0. The van der Waals surface area contributed by atoms with Crippen molar-refractivity contribution in [1.29, 1.82) is 0 Å². The first kappa shape index (κ1) is 15.9. The Morgan fingerprint density at radius 1 is 1.22 bits per heavy atom. The van der Waals surface area contributed by atoms with Crippen molar-refractivity contribution in [2.45, 2.75) is 10.9 Å². The van der Waals surface area contributed by atoms with E-state index >= 15 is 0 Å². The van der Waals surface area contributed by atoms with E-state index in [1.54, 1.807) is 18.2 Å². The van der Waals surface area contributed by atoms with Crippen molar-refractivity contribution < 1.29 is 8.78 Å². The van der Waals surface area contributed by atoms with Crippen molar-refractivity contribution >= 4 is 38.6 Å². The first-order valence-corrected chi connectivity index (χ1v) is 8.27. The van der Waals surface area contributed by atoms with Crippen LogP contribution in [0.4, 0.5) is 8.78 Å². The number of halogens is 3. The number of nitrogens with two attached hydrogens (primary N) is 1. The van der Waals surface area contributed by atoms with E-state index in [0.29, 0.717) is 10.9 Å². The molecule has 23 heavy (non-hydrogen) atoms. The Morgan fingerprint density at radius 3 is 2.78 bits per heavy atom. The molecule has 0 amide bonds. The molecule has 0 saturated heterocycles. The maximum Gasteiger partial charge on any atom is 0.280 e. The fourth-order valence-corrected chi connectivity index (χ4v) is 3.30. The van der Waals surface area contributed by atoms with Crippen LogP contribution in [0, 0.1) is 11.6 Å². The number of fused-ring (bicyclic) bond motifs is 1. The number of nitrogens with zero attached hydrogens (tertiary/aromatic N) is 2. The van der Waals surface area contributed by atoms with Gasteiger partial charge in [-0.1, -0.05) is 27.7 Å². The number of hydrogen-bond acceptors (Lipinski definition) is 4. The lowest BCUT2D eigenvalue weighted by atomic mass is 10.2. The van der Waals surface area contributed by atoms with Gasteiger partial charge in [0.2, 0.25) is 0 Å². The third-order valence-electron chi connectivity index (χ3n) is 3.19. The summed E-state index contributed by atoms with van der Waals surface area (Å²) in [6, 6.07) is 8.30. The molecular formula is C15H10BrF2N3OS. The molecule has 3 aromatic rings. The van der Waals surface area contributed by atoms with Crippen molar-refractivity contribution in [2.24, 2.45) is 0 Å². The summed E-state index contributed by atoms with van der Waals surface area (Å²) >= 11 is 4.35. The van der Waals surface area contributed by atoms with Gasteiger partial charge in [-0.3, -0.25) is 4.79 Å². The van der Waals surface area contributed by atoms with Gasteiger partial charge in [0.25, 0.3) is 5.56 Å². The molecule has 3 rings (SSSR count). The number of rotatable bonds is 3. The summed E-state index contributed by atoms with van der Waals surface area (Å²) < 4.78 is 28.5. The highest BCUT2D eigenvalue weighted by Gasteiger charge is 2.12. The molecule has 0 aliphatic rings. The Kier molecular flexibility index (Phi) is 4.36. The topological polar surface area (TPSA) is 60.9 Å². The maximum atomic E-state index is 13.6. The molecule has 4 nitrogen and oxygen atoms in total. The molecule has 1 heterocycles. The van der Waals surface area contributed by atoms with E-state index in [1.165, 1.54) is 0 Å². The molecule has 0 atom stereocenters. The van der Waals surface area contributed by atoms with E-state index in [1.807, 2.05) is 0 Å². The molecule has 0 spiro atoms. The first-order valence-electron chi connectivity index (χ1n) is 6.50. The number of hydrogen-bond donors (Lipinski definition) is 1. The summed E-state index contributed by atoms with van der Waals surface area (Å²) in [6.45, 7) is 0. The van der Waals surface area contributed by atoms with Gasteiger partial charge in [-0.15, -0.1) is 0 Å². The Bertz CT molecular complexity index is 961. The maximum absolute atomic E-state index is 13.6. The average Bonchev–Trinajstić information content (AvgIpc) is 2.53. The van der Waals surface area contributed by atoms with E-state index < -0.39 is 17.2 Å². The molecule has 0 unspecified atom stereocenters. The molecular weight excluding hydrogens is 388 g/mol. The largest absolute Gasteiger partial charge is 0.334 e. The second-order valence-electron chi connectivity index (χ2n) is 4.76. The molecule has 2 N–H and O–H groups in total. The number of benzene rings is 2. The highest BCUT2D eigenvalue weighted by molar-refractivity contribution is 9.10. The van der Waals surface area contributed by atoms with Crippen molar-refractivity contribution in [3.05, 3.63) is 68.4 Å². The second-order valence-corrected chi connectivity index (χ2v) is 6.61. The zero-order valence-corrected chi connectivity index (χ0v) is 14.0. The quantitative estimate of drug-likeness (QED) is 0.417. The van der Waals surface area contributed by atoms with Crippen LogP contribution in [0.1, 0.15) is 5.56 Å². The minimum Gasteiger partial charge on any atom is -0.334 e. The van der Waals surface area contributed by atoms with Gasteiger partial charge in [-0.2, -0.15) is 0 Å². The molecule has 0 radical (unpaired) electrons. The Morgan fingerprint density at radius 2 is 2.00 bits per heavy atom. The van der Waals surface area contributed by atoms with E-state index in [-0.39, 0.29) is 16.5 Å². The monoisotopic (exact) mass is 397 g/mol. The molecule has 0 aliphatic heterocycles. The zero-order valence-electron chi connectivity index (χ0n) is 11.6. The summed E-state index contributed by atoms with van der Waals surface area (Å²) in [4.78, 5) is 16.6. The Hall–Kier alpha value is -1.93. The predicted octanol–water partition coefficient (Wildman–Crippen LogP) is 3.44.